The van der Waals surface area contributed by atoms with E-state index >= 15 is 0 Å². The van der Waals surface area contributed by atoms with Gasteiger partial charge in [0.2, 0.25) is 0 Å². The van der Waals surface area contributed by atoms with E-state index in [0.29, 0.717) is 0 Å². The second-order valence-corrected chi connectivity index (χ2v) is 10.7. The van der Waals surface area contributed by atoms with E-state index in [2.05, 4.69) is 122 Å². The van der Waals surface area contributed by atoms with Crippen molar-refractivity contribution in [1.29, 1.82) is 0 Å². The zero-order valence-corrected chi connectivity index (χ0v) is 24.5. The number of rotatable bonds is 5. The van der Waals surface area contributed by atoms with Crippen molar-refractivity contribution in [3.8, 4) is 0 Å². The Morgan fingerprint density at radius 3 is 0.846 bits per heavy atom. The first-order chi connectivity index (χ1) is 18.8. The van der Waals surface area contributed by atoms with E-state index in [4.69, 9.17) is 0 Å². The molecule has 0 N–H and O–H groups in total. The molecule has 0 aromatic heterocycles. The van der Waals surface area contributed by atoms with Crippen molar-refractivity contribution in [2.45, 2.75) is 0 Å². The molecule has 0 atom stereocenters. The quantitative estimate of drug-likeness (QED) is 0.139. The molecule has 5 aromatic carbocycles. The van der Waals surface area contributed by atoms with Crippen molar-refractivity contribution in [1.82, 2.24) is 0 Å². The van der Waals surface area contributed by atoms with Gasteiger partial charge in [0, 0.05) is 0 Å². The van der Waals surface area contributed by atoms with Crippen LogP contribution in [0.25, 0.3) is 5.57 Å². The van der Waals surface area contributed by atoms with E-state index in [1.54, 1.807) is 0 Å². The normalized spacial score (nSPS) is 11.7. The van der Waals surface area contributed by atoms with Gasteiger partial charge >= 0.3 is 19.5 Å². The summed E-state index contributed by atoms with van der Waals surface area (Å²) in [5.74, 6) is 0. The van der Waals surface area contributed by atoms with Crippen LogP contribution in [0.15, 0.2) is 158 Å². The first-order valence-corrected chi connectivity index (χ1v) is 14.1. The van der Waals surface area contributed by atoms with Crippen molar-refractivity contribution >= 4 is 29.4 Å². The predicted molar refractivity (Wildman–Crippen MR) is 168 cm³/mol. The van der Waals surface area contributed by atoms with Crippen LogP contribution in [0, 0.1) is 32.1 Å². The Balaban J connectivity index is 0.000000184. The predicted octanol–water partition coefficient (Wildman–Crippen LogP) is 8.21. The molecule has 39 heavy (non-hydrogen) atoms. The first kappa shape index (κ1) is 30.4. The summed E-state index contributed by atoms with van der Waals surface area (Å²) >= 11 is 0. The maximum Gasteiger partial charge on any atom is 1.00 e. The summed E-state index contributed by atoms with van der Waals surface area (Å²) in [4.78, 5) is 0. The molecule has 5 aromatic rings. The average molecular weight is 609 g/mol. The molecule has 1 aliphatic carbocycles. The Labute approximate surface area is 249 Å². The van der Waals surface area contributed by atoms with Gasteiger partial charge in [-0.15, -0.1) is 0 Å². The van der Waals surface area contributed by atoms with Crippen LogP contribution in [-0.2, 0) is 19.5 Å². The summed E-state index contributed by atoms with van der Waals surface area (Å²) in [6, 6.07) is 52.8. The first-order valence-electron chi connectivity index (χ1n) is 12.7. The molecule has 192 valence electrons. The monoisotopic (exact) mass is 609 g/mol. The summed E-state index contributed by atoms with van der Waals surface area (Å²) in [5.41, 5.74) is 3.43. The maximum atomic E-state index is 4.10. The minimum atomic E-state index is -0.446. The molecule has 0 saturated heterocycles. The van der Waals surface area contributed by atoms with Crippen molar-refractivity contribution in [3.63, 3.8) is 0 Å². The molecule has 1 saturated carbocycles. The molecule has 0 heterocycles. The zero-order chi connectivity index (χ0) is 26.3. The molecule has 6 radical (unpaired) electrons. The fourth-order valence-corrected chi connectivity index (χ4v) is 6.25. The van der Waals surface area contributed by atoms with Gasteiger partial charge in [0.25, 0.3) is 0 Å². The van der Waals surface area contributed by atoms with Crippen molar-refractivity contribution in [2.24, 2.45) is 0 Å². The van der Waals surface area contributed by atoms with Crippen LogP contribution < -0.4 is 15.9 Å². The second-order valence-electron chi connectivity index (χ2n) is 8.51. The summed E-state index contributed by atoms with van der Waals surface area (Å²) in [7, 11) is -0.446. The Morgan fingerprint density at radius 2 is 0.590 bits per heavy atom. The van der Waals surface area contributed by atoms with Crippen LogP contribution >= 0.6 is 7.92 Å². The van der Waals surface area contributed by atoms with Crippen molar-refractivity contribution in [2.75, 3.05) is 0 Å². The van der Waals surface area contributed by atoms with Gasteiger partial charge in [-0.3, -0.25) is 0 Å². The Hall–Kier alpha value is -3.11. The van der Waals surface area contributed by atoms with Crippen LogP contribution in [0.5, 0.6) is 0 Å². The number of benzene rings is 5. The Bertz CT molecular complexity index is 1170. The maximum absolute atomic E-state index is 4.10. The molecule has 0 aliphatic heterocycles. The van der Waals surface area contributed by atoms with Crippen LogP contribution in [-0.4, -0.2) is 0 Å². The van der Waals surface area contributed by atoms with E-state index in [1.807, 2.05) is 68.5 Å². The number of hydrogen-bond donors (Lipinski definition) is 0. The van der Waals surface area contributed by atoms with Gasteiger partial charge in [0.05, 0.1) is 0 Å². The van der Waals surface area contributed by atoms with Gasteiger partial charge < -0.3 is 0 Å². The molecule has 2 heteroatoms. The molecule has 1 aliphatic rings. The molecule has 0 bridgehead atoms. The van der Waals surface area contributed by atoms with Gasteiger partial charge in [-0.1, -0.05) is 158 Å². The number of hydrogen-bond acceptors (Lipinski definition) is 0. The third kappa shape index (κ3) is 9.86. The van der Waals surface area contributed by atoms with E-state index in [9.17, 15) is 0 Å². The molecule has 6 rings (SSSR count). The summed E-state index contributed by atoms with van der Waals surface area (Å²) in [6.45, 7) is 4.10. The molecule has 0 spiro atoms. The largest absolute Gasteiger partial charge is 1.00 e. The Kier molecular flexibility index (Phi) is 13.6. The third-order valence-corrected chi connectivity index (χ3v) is 8.29. The van der Waals surface area contributed by atoms with Crippen LogP contribution in [0.2, 0.25) is 0 Å². The summed E-state index contributed by atoms with van der Waals surface area (Å²) in [5, 5.41) is 4.19. The third-order valence-electron chi connectivity index (χ3n) is 5.84. The van der Waals surface area contributed by atoms with Gasteiger partial charge in [-0.25, -0.2) is 0 Å². The van der Waals surface area contributed by atoms with Gasteiger partial charge in [-0.05, 0) is 72.6 Å². The molecule has 0 amide bonds. The SMILES string of the molecule is C=C(c1ccccc1)c1ccccc1.[CH]1[CH][CH][CH][CH]1.[Ru+].c1ccc(P(c2ccccc2)c2ccccc2)cc1. The minimum absolute atomic E-state index is 0. The van der Waals surface area contributed by atoms with Crippen LogP contribution in [0.4, 0.5) is 0 Å². The molecule has 0 unspecified atom stereocenters. The molecule has 1 fully saturated rings. The van der Waals surface area contributed by atoms with Gasteiger partial charge in [0.1, 0.15) is 0 Å². The summed E-state index contributed by atoms with van der Waals surface area (Å²) in [6.07, 6.45) is 10.0. The average Bonchev–Trinajstić information content (AvgIpc) is 3.61. The minimum Gasteiger partial charge on any atom is -0.0906 e. The standard InChI is InChI=1S/C18H15P.C14H12.C5H5.Ru/c1-4-10-16(11-5-1)19(17-12-6-2-7-13-17)18-14-8-3-9-15-18;1-12(13-8-4-2-5-9-13)14-10-6-3-7-11-14;1-2-4-5-3-1;/h1-15H;2-11H,1H2;1-5H;/q;;;+1. The van der Waals surface area contributed by atoms with E-state index in [0.717, 1.165) is 5.57 Å². The molecular weight excluding hydrogens is 576 g/mol. The van der Waals surface area contributed by atoms with Crippen molar-refractivity contribution in [3.05, 3.63) is 201 Å². The Morgan fingerprint density at radius 1 is 0.359 bits per heavy atom. The van der Waals surface area contributed by atoms with E-state index in [-0.39, 0.29) is 19.5 Å². The second kappa shape index (κ2) is 17.5. The van der Waals surface area contributed by atoms with Gasteiger partial charge in [0.15, 0.2) is 0 Å². The van der Waals surface area contributed by atoms with Gasteiger partial charge in [-0.2, -0.15) is 0 Å². The van der Waals surface area contributed by atoms with Crippen LogP contribution in [0.1, 0.15) is 11.1 Å². The van der Waals surface area contributed by atoms with E-state index < -0.39 is 7.92 Å². The van der Waals surface area contributed by atoms with E-state index in [1.165, 1.54) is 27.0 Å². The topological polar surface area (TPSA) is 0 Å². The molecular formula is C37H32PRu+. The molecule has 0 nitrogen and oxygen atoms in total. The fourth-order valence-electron chi connectivity index (χ4n) is 3.94. The smallest absolute Gasteiger partial charge is 0.0906 e. The summed E-state index contributed by atoms with van der Waals surface area (Å²) < 4.78 is 0. The van der Waals surface area contributed by atoms with Crippen molar-refractivity contribution < 1.29 is 19.5 Å². The zero-order valence-electron chi connectivity index (χ0n) is 21.8. The fraction of sp³-hybridized carbons (Fsp3) is 0. The van der Waals surface area contributed by atoms with Crippen LogP contribution in [0.3, 0.4) is 0 Å².